The number of nitrogens with zero attached hydrogens (tertiary/aromatic N) is 4. The normalized spacial score (nSPS) is 14.6. The van der Waals surface area contributed by atoms with Crippen molar-refractivity contribution in [3.8, 4) is 22.6 Å². The van der Waals surface area contributed by atoms with Gasteiger partial charge in [-0.2, -0.15) is 4.37 Å². The van der Waals surface area contributed by atoms with E-state index in [9.17, 15) is 15.0 Å². The summed E-state index contributed by atoms with van der Waals surface area (Å²) in [7, 11) is 0. The summed E-state index contributed by atoms with van der Waals surface area (Å²) in [6, 6.07) is 11.7. The summed E-state index contributed by atoms with van der Waals surface area (Å²) in [6.45, 7) is 1.73. The zero-order valence-electron chi connectivity index (χ0n) is 18.9. The Morgan fingerprint density at radius 3 is 2.86 bits per heavy atom. The van der Waals surface area contributed by atoms with Crippen LogP contribution >= 0.6 is 27.5 Å². The number of aliphatic imine (C=N–C) groups is 1. The van der Waals surface area contributed by atoms with Gasteiger partial charge >= 0.3 is 5.97 Å². The number of halogens is 1. The van der Waals surface area contributed by atoms with E-state index in [1.807, 2.05) is 36.4 Å². The molecule has 0 aliphatic carbocycles. The van der Waals surface area contributed by atoms with Crippen LogP contribution in [0.5, 0.6) is 11.5 Å². The number of rotatable bonds is 7. The lowest BCUT2D eigenvalue weighted by Crippen LogP contribution is -2.37. The first-order valence-electron chi connectivity index (χ1n) is 10.9. The van der Waals surface area contributed by atoms with E-state index >= 15 is 0 Å². The molecule has 1 unspecified atom stereocenters. The molecule has 0 fully saturated rings. The van der Waals surface area contributed by atoms with Gasteiger partial charge in [-0.15, -0.1) is 0 Å². The standard InChI is InChI=1S/C24H20BrN5O5S/c1-24(12-31,23(32)33)27-11-14-10-26-22-20(28-14)21(30-36-22)29-16-4-2-3-15(19(16)25)13-5-6-17-18(9-13)35-8-7-34-17/h2-6,9-11,31H,7-8,12H2,1H3,(H,29,30)(H,32,33). The number of carboxylic acid groups (broad SMARTS) is 1. The summed E-state index contributed by atoms with van der Waals surface area (Å²) in [6.07, 6.45) is 2.77. The van der Waals surface area contributed by atoms with Crippen molar-refractivity contribution >= 4 is 61.5 Å². The number of benzene rings is 2. The fourth-order valence-electron chi connectivity index (χ4n) is 3.45. The lowest BCUT2D eigenvalue weighted by atomic mass is 10.0. The molecule has 0 amide bonds. The van der Waals surface area contributed by atoms with Crippen molar-refractivity contribution < 1.29 is 24.5 Å². The topological polar surface area (TPSA) is 139 Å². The number of carbonyl (C=O) groups is 1. The molecule has 0 saturated heterocycles. The molecule has 1 aliphatic rings. The maximum Gasteiger partial charge on any atom is 0.333 e. The van der Waals surface area contributed by atoms with Crippen molar-refractivity contribution in [1.82, 2.24) is 14.3 Å². The van der Waals surface area contributed by atoms with Gasteiger partial charge in [0.15, 0.2) is 27.7 Å². The highest BCUT2D eigenvalue weighted by Gasteiger charge is 2.31. The predicted molar refractivity (Wildman–Crippen MR) is 140 cm³/mol. The van der Waals surface area contributed by atoms with Gasteiger partial charge in [-0.25, -0.2) is 14.8 Å². The third kappa shape index (κ3) is 4.62. The molecule has 2 aromatic heterocycles. The molecule has 0 spiro atoms. The highest BCUT2D eigenvalue weighted by Crippen LogP contribution is 2.40. The van der Waals surface area contributed by atoms with E-state index in [0.29, 0.717) is 40.8 Å². The fraction of sp³-hybridized carbons (Fsp3) is 0.208. The predicted octanol–water partition coefficient (Wildman–Crippen LogP) is 4.29. The zero-order valence-corrected chi connectivity index (χ0v) is 21.3. The fourth-order valence-corrected chi connectivity index (χ4v) is 4.68. The lowest BCUT2D eigenvalue weighted by Gasteiger charge is -2.19. The Bertz CT molecular complexity index is 1490. The first-order valence-corrected chi connectivity index (χ1v) is 12.4. The van der Waals surface area contributed by atoms with Gasteiger partial charge in [0.25, 0.3) is 0 Å². The van der Waals surface area contributed by atoms with Gasteiger partial charge < -0.3 is 25.0 Å². The van der Waals surface area contributed by atoms with Crippen molar-refractivity contribution in [3.63, 3.8) is 0 Å². The smallest absolute Gasteiger partial charge is 0.333 e. The monoisotopic (exact) mass is 569 g/mol. The maximum atomic E-state index is 11.4. The van der Waals surface area contributed by atoms with E-state index in [2.05, 4.69) is 40.6 Å². The van der Waals surface area contributed by atoms with E-state index in [1.165, 1.54) is 30.9 Å². The van der Waals surface area contributed by atoms with E-state index in [0.717, 1.165) is 27.0 Å². The van der Waals surface area contributed by atoms with E-state index in [4.69, 9.17) is 9.47 Å². The Morgan fingerprint density at radius 1 is 1.28 bits per heavy atom. The second-order valence-corrected chi connectivity index (χ2v) is 9.67. The number of fused-ring (bicyclic) bond motifs is 2. The summed E-state index contributed by atoms with van der Waals surface area (Å²) in [5.74, 6) is 0.697. The number of hydrogen-bond donors (Lipinski definition) is 3. The number of aliphatic hydroxyl groups is 1. The Kier molecular flexibility index (Phi) is 6.56. The van der Waals surface area contributed by atoms with Crippen molar-refractivity contribution in [3.05, 3.63) is 52.8 Å². The molecule has 184 valence electrons. The summed E-state index contributed by atoms with van der Waals surface area (Å²) < 4.78 is 16.6. The van der Waals surface area contributed by atoms with Gasteiger partial charge in [0.05, 0.1) is 24.7 Å². The average Bonchev–Trinajstić information content (AvgIpc) is 3.30. The van der Waals surface area contributed by atoms with Crippen molar-refractivity contribution in [2.45, 2.75) is 12.5 Å². The molecule has 4 aromatic rings. The summed E-state index contributed by atoms with van der Waals surface area (Å²) >= 11 is 4.90. The third-order valence-electron chi connectivity index (χ3n) is 5.56. The van der Waals surface area contributed by atoms with Crippen LogP contribution in [0, 0.1) is 0 Å². The first kappa shape index (κ1) is 24.1. The minimum absolute atomic E-state index is 0.343. The second-order valence-electron chi connectivity index (χ2n) is 8.13. The van der Waals surface area contributed by atoms with Gasteiger partial charge in [0.1, 0.15) is 24.4 Å². The van der Waals surface area contributed by atoms with E-state index in [1.54, 1.807) is 0 Å². The largest absolute Gasteiger partial charge is 0.486 e. The molecule has 0 bridgehead atoms. The number of carboxylic acids is 1. The summed E-state index contributed by atoms with van der Waals surface area (Å²) in [5.41, 5.74) is 1.88. The highest BCUT2D eigenvalue weighted by atomic mass is 79.9. The molecular weight excluding hydrogens is 550 g/mol. The summed E-state index contributed by atoms with van der Waals surface area (Å²) in [5, 5.41) is 22.0. The van der Waals surface area contributed by atoms with Crippen LogP contribution in [0.25, 0.3) is 21.5 Å². The average molecular weight is 570 g/mol. The van der Waals surface area contributed by atoms with Gasteiger partial charge in [0.2, 0.25) is 0 Å². The molecule has 1 aliphatic heterocycles. The summed E-state index contributed by atoms with van der Waals surface area (Å²) in [4.78, 5) is 24.9. The van der Waals surface area contributed by atoms with Crippen LogP contribution in [0.2, 0.25) is 0 Å². The quantitative estimate of drug-likeness (QED) is 0.278. The highest BCUT2D eigenvalue weighted by molar-refractivity contribution is 9.10. The third-order valence-corrected chi connectivity index (χ3v) is 7.16. The lowest BCUT2D eigenvalue weighted by molar-refractivity contribution is -0.143. The maximum absolute atomic E-state index is 11.4. The van der Waals surface area contributed by atoms with Crippen LogP contribution in [0.15, 0.2) is 52.1 Å². The van der Waals surface area contributed by atoms with Crippen LogP contribution in [0.1, 0.15) is 12.6 Å². The number of aliphatic hydroxyl groups excluding tert-OH is 1. The molecule has 3 heterocycles. The van der Waals surface area contributed by atoms with Crippen LogP contribution in [-0.2, 0) is 4.79 Å². The first-order chi connectivity index (χ1) is 17.4. The van der Waals surface area contributed by atoms with Gasteiger partial charge in [-0.1, -0.05) is 18.2 Å². The van der Waals surface area contributed by atoms with E-state index < -0.39 is 18.1 Å². The number of hydrogen-bond acceptors (Lipinski definition) is 10. The van der Waals surface area contributed by atoms with Crippen LogP contribution in [0.4, 0.5) is 11.5 Å². The molecule has 3 N–H and O–H groups in total. The van der Waals surface area contributed by atoms with Crippen LogP contribution in [0.3, 0.4) is 0 Å². The molecule has 10 nitrogen and oxygen atoms in total. The second kappa shape index (κ2) is 9.80. The van der Waals surface area contributed by atoms with Gasteiger partial charge in [0, 0.05) is 4.47 Å². The molecule has 0 radical (unpaired) electrons. The Hall–Kier alpha value is -3.61. The molecule has 36 heavy (non-hydrogen) atoms. The number of ether oxygens (including phenoxy) is 2. The van der Waals surface area contributed by atoms with Gasteiger partial charge in [-0.05, 0) is 63.7 Å². The minimum atomic E-state index is -1.66. The molecule has 12 heteroatoms. The Balaban J connectivity index is 1.45. The number of nitrogens with one attached hydrogen (secondary N) is 1. The number of anilines is 2. The van der Waals surface area contributed by atoms with Crippen molar-refractivity contribution in [1.29, 1.82) is 0 Å². The molecule has 1 atom stereocenters. The molecule has 5 rings (SSSR count). The van der Waals surface area contributed by atoms with E-state index in [-0.39, 0.29) is 0 Å². The molecule has 0 saturated carbocycles. The number of aromatic nitrogens is 3. The SMILES string of the molecule is CC(CO)(N=Cc1cnc2snc(Nc3cccc(-c4ccc5c(c4)OCCO5)c3Br)c2n1)C(=O)O. The van der Waals surface area contributed by atoms with Crippen LogP contribution < -0.4 is 14.8 Å². The Labute approximate surface area is 218 Å². The van der Waals surface area contributed by atoms with Crippen LogP contribution in [-0.4, -0.2) is 62.1 Å². The molecular formula is C24H20BrN5O5S. The molecule has 2 aromatic carbocycles. The van der Waals surface area contributed by atoms with Gasteiger partial charge in [-0.3, -0.25) is 4.99 Å². The van der Waals surface area contributed by atoms with Crippen molar-refractivity contribution in [2.24, 2.45) is 4.99 Å². The van der Waals surface area contributed by atoms with Crippen molar-refractivity contribution in [2.75, 3.05) is 25.1 Å². The number of aliphatic carboxylic acids is 1. The Morgan fingerprint density at radius 2 is 2.08 bits per heavy atom. The minimum Gasteiger partial charge on any atom is -0.486 e. The zero-order chi connectivity index (χ0) is 25.3.